The molecule has 144 valence electrons. The number of hydrogen-bond donors (Lipinski definition) is 7. The summed E-state index contributed by atoms with van der Waals surface area (Å²) in [4.78, 5) is 0. The fourth-order valence-corrected chi connectivity index (χ4v) is 3.78. The normalized spacial score (nSPS) is 52.7. The van der Waals surface area contributed by atoms with Crippen LogP contribution in [0.15, 0.2) is 12.3 Å². The molecule has 2 fully saturated rings. The number of hydrogen-bond acceptors (Lipinski definition) is 10. The molecule has 0 aromatic heterocycles. The van der Waals surface area contributed by atoms with Gasteiger partial charge >= 0.3 is 0 Å². The van der Waals surface area contributed by atoms with Crippen molar-refractivity contribution in [2.75, 3.05) is 13.2 Å². The summed E-state index contributed by atoms with van der Waals surface area (Å²) in [6.45, 7) is -1.33. The van der Waals surface area contributed by atoms with E-state index in [1.54, 1.807) is 6.08 Å². The van der Waals surface area contributed by atoms with Crippen molar-refractivity contribution < 1.29 is 50.0 Å². The van der Waals surface area contributed by atoms with Gasteiger partial charge in [-0.1, -0.05) is 0 Å². The van der Waals surface area contributed by atoms with Crippen LogP contribution in [0.1, 0.15) is 6.42 Å². The number of allylic oxidation sites excluding steroid dienone is 1. The van der Waals surface area contributed by atoms with Gasteiger partial charge in [-0.2, -0.15) is 0 Å². The lowest BCUT2D eigenvalue weighted by atomic mass is 9.84. The summed E-state index contributed by atoms with van der Waals surface area (Å²) in [6.07, 6.45) is -6.60. The summed E-state index contributed by atoms with van der Waals surface area (Å²) in [5, 5.41) is 69.1. The zero-order chi connectivity index (χ0) is 18.4. The molecule has 1 aliphatic carbocycles. The smallest absolute Gasteiger partial charge is 0.208 e. The second kappa shape index (κ2) is 7.06. The van der Waals surface area contributed by atoms with Gasteiger partial charge in [0.2, 0.25) is 6.29 Å². The Bertz CT molecular complexity index is 499. The lowest BCUT2D eigenvalue weighted by molar-refractivity contribution is -0.348. The molecule has 2 heterocycles. The van der Waals surface area contributed by atoms with E-state index >= 15 is 0 Å². The van der Waals surface area contributed by atoms with E-state index in [1.165, 1.54) is 6.26 Å². The minimum absolute atomic E-state index is 0.191. The Labute approximate surface area is 143 Å². The molecule has 7 N–H and O–H groups in total. The van der Waals surface area contributed by atoms with Gasteiger partial charge in [-0.3, -0.25) is 0 Å². The minimum atomic E-state index is -1.87. The van der Waals surface area contributed by atoms with E-state index in [0.717, 1.165) is 0 Å². The average Bonchev–Trinajstić information content (AvgIpc) is 2.87. The van der Waals surface area contributed by atoms with E-state index in [9.17, 15) is 35.7 Å². The highest BCUT2D eigenvalue weighted by atomic mass is 16.8. The summed E-state index contributed by atoms with van der Waals surface area (Å²) in [5.41, 5.74) is -1.87. The minimum Gasteiger partial charge on any atom is -0.472 e. The van der Waals surface area contributed by atoms with Gasteiger partial charge in [0.1, 0.15) is 30.0 Å². The van der Waals surface area contributed by atoms with Gasteiger partial charge in [0.15, 0.2) is 6.29 Å². The van der Waals surface area contributed by atoms with Crippen LogP contribution >= 0.6 is 0 Å². The molecule has 1 saturated carbocycles. The summed E-state index contributed by atoms with van der Waals surface area (Å²) in [7, 11) is 0. The van der Waals surface area contributed by atoms with Crippen molar-refractivity contribution in [3.63, 3.8) is 0 Å². The van der Waals surface area contributed by atoms with Crippen molar-refractivity contribution in [1.82, 2.24) is 0 Å². The molecule has 0 aromatic carbocycles. The molecule has 25 heavy (non-hydrogen) atoms. The van der Waals surface area contributed by atoms with E-state index in [0.29, 0.717) is 0 Å². The van der Waals surface area contributed by atoms with E-state index in [2.05, 4.69) is 0 Å². The number of aliphatic hydroxyl groups is 7. The van der Waals surface area contributed by atoms with Gasteiger partial charge in [0.05, 0.1) is 31.5 Å². The number of rotatable bonds is 4. The third-order valence-corrected chi connectivity index (χ3v) is 5.31. The Morgan fingerprint density at radius 1 is 1.04 bits per heavy atom. The van der Waals surface area contributed by atoms with Crippen LogP contribution in [0.5, 0.6) is 0 Å². The van der Waals surface area contributed by atoms with Gasteiger partial charge in [-0.25, -0.2) is 0 Å². The van der Waals surface area contributed by atoms with Crippen LogP contribution in [0.25, 0.3) is 0 Å². The third kappa shape index (κ3) is 3.07. The lowest BCUT2D eigenvalue weighted by Crippen LogP contribution is -2.61. The molecule has 0 radical (unpaired) electrons. The Morgan fingerprint density at radius 2 is 1.76 bits per heavy atom. The van der Waals surface area contributed by atoms with Crippen molar-refractivity contribution >= 4 is 0 Å². The molecule has 0 bridgehead atoms. The highest BCUT2D eigenvalue weighted by molar-refractivity contribution is 5.11. The molecule has 10 atom stereocenters. The van der Waals surface area contributed by atoms with Crippen LogP contribution in [0, 0.1) is 11.8 Å². The highest BCUT2D eigenvalue weighted by Gasteiger charge is 2.59. The van der Waals surface area contributed by atoms with Gasteiger partial charge in [-0.05, 0) is 18.4 Å². The third-order valence-electron chi connectivity index (χ3n) is 5.31. The predicted octanol–water partition coefficient (Wildman–Crippen LogP) is -3.61. The number of fused-ring (bicyclic) bond motifs is 1. The van der Waals surface area contributed by atoms with Crippen LogP contribution in [0.4, 0.5) is 0 Å². The first-order chi connectivity index (χ1) is 11.8. The van der Waals surface area contributed by atoms with Crippen LogP contribution in [-0.2, 0) is 14.2 Å². The first-order valence-corrected chi connectivity index (χ1v) is 8.13. The molecule has 0 unspecified atom stereocenters. The monoisotopic (exact) mass is 364 g/mol. The standard InChI is InChI=1S/C15H24O10/c16-4-7-10(19)11(20)12(21)14(24-7)25-13-9-6(1-2-23-13)3-8(18)15(9,22)5-17/h1-2,6-14,16-22H,3-5H2/t6-,7+,8+,9+,10+,11-,12+,13-,14-,15-/m0/s1. The lowest BCUT2D eigenvalue weighted by Gasteiger charge is -2.44. The number of aliphatic hydroxyl groups excluding tert-OH is 6. The summed E-state index contributed by atoms with van der Waals surface area (Å²) >= 11 is 0. The molecule has 10 nitrogen and oxygen atoms in total. The Kier molecular flexibility index (Phi) is 5.36. The van der Waals surface area contributed by atoms with Gasteiger partial charge in [-0.15, -0.1) is 0 Å². The molecule has 2 aliphatic heterocycles. The maximum Gasteiger partial charge on any atom is 0.208 e. The van der Waals surface area contributed by atoms with E-state index in [4.69, 9.17) is 14.2 Å². The molecular weight excluding hydrogens is 340 g/mol. The fraction of sp³-hybridized carbons (Fsp3) is 0.867. The fourth-order valence-electron chi connectivity index (χ4n) is 3.78. The van der Waals surface area contributed by atoms with Crippen LogP contribution in [0.3, 0.4) is 0 Å². The van der Waals surface area contributed by atoms with E-state index in [-0.39, 0.29) is 12.3 Å². The van der Waals surface area contributed by atoms with Crippen LogP contribution in [-0.4, -0.2) is 97.7 Å². The van der Waals surface area contributed by atoms with Gasteiger partial charge < -0.3 is 50.0 Å². The van der Waals surface area contributed by atoms with E-state index < -0.39 is 67.8 Å². The molecule has 0 spiro atoms. The summed E-state index contributed by atoms with van der Waals surface area (Å²) in [5.74, 6) is -1.18. The summed E-state index contributed by atoms with van der Waals surface area (Å²) in [6, 6.07) is 0. The zero-order valence-corrected chi connectivity index (χ0v) is 13.3. The molecule has 3 aliphatic rings. The van der Waals surface area contributed by atoms with E-state index in [1.807, 2.05) is 0 Å². The van der Waals surface area contributed by atoms with Gasteiger partial charge in [0.25, 0.3) is 0 Å². The molecule has 10 heteroatoms. The molecule has 0 amide bonds. The zero-order valence-electron chi connectivity index (χ0n) is 13.3. The Morgan fingerprint density at radius 3 is 2.40 bits per heavy atom. The Balaban J connectivity index is 1.78. The molecular formula is C15H24O10. The quantitative estimate of drug-likeness (QED) is 0.264. The average molecular weight is 364 g/mol. The second-order valence-electron chi connectivity index (χ2n) is 6.76. The molecule has 0 aromatic rings. The second-order valence-corrected chi connectivity index (χ2v) is 6.76. The van der Waals surface area contributed by atoms with Gasteiger partial charge in [0, 0.05) is 0 Å². The maximum absolute atomic E-state index is 10.6. The van der Waals surface area contributed by atoms with Crippen molar-refractivity contribution in [3.05, 3.63) is 12.3 Å². The first-order valence-electron chi connectivity index (χ1n) is 8.13. The van der Waals surface area contributed by atoms with Crippen molar-refractivity contribution in [2.45, 2.75) is 55.1 Å². The largest absolute Gasteiger partial charge is 0.472 e. The van der Waals surface area contributed by atoms with Crippen LogP contribution < -0.4 is 0 Å². The molecule has 3 rings (SSSR count). The summed E-state index contributed by atoms with van der Waals surface area (Å²) < 4.78 is 16.1. The SMILES string of the molecule is OC[C@H]1O[C@@H](O[C@@H]2OC=C[C@H]3C[C@@H](O)[C@@](O)(CO)[C@@H]23)[C@H](O)[C@@H](O)[C@@H]1O. The predicted molar refractivity (Wildman–Crippen MR) is 78.5 cm³/mol. The highest BCUT2D eigenvalue weighted by Crippen LogP contribution is 2.46. The van der Waals surface area contributed by atoms with Crippen molar-refractivity contribution in [1.29, 1.82) is 0 Å². The van der Waals surface area contributed by atoms with Crippen LogP contribution in [0.2, 0.25) is 0 Å². The maximum atomic E-state index is 10.6. The van der Waals surface area contributed by atoms with Crippen molar-refractivity contribution in [3.8, 4) is 0 Å². The topological polar surface area (TPSA) is 169 Å². The Hall–Kier alpha value is -0.820. The van der Waals surface area contributed by atoms with Crippen molar-refractivity contribution in [2.24, 2.45) is 11.8 Å². The number of ether oxygens (including phenoxy) is 3. The molecule has 1 saturated heterocycles. The first kappa shape index (κ1) is 19.0.